The SMILES string of the molecule is CCCCCCN1C(=O)C(C#N)=C(C)/C(=C\c2ccc(OCC(C)C)c(OCC)c2)C1=O. The Labute approximate surface area is 191 Å². The van der Waals surface area contributed by atoms with Crippen LogP contribution in [-0.2, 0) is 9.59 Å². The van der Waals surface area contributed by atoms with Crippen molar-refractivity contribution in [2.75, 3.05) is 19.8 Å². The number of nitrogens with zero attached hydrogens (tertiary/aromatic N) is 2. The van der Waals surface area contributed by atoms with Crippen LogP contribution in [0.15, 0.2) is 34.9 Å². The van der Waals surface area contributed by atoms with Gasteiger partial charge in [0.05, 0.1) is 13.2 Å². The molecule has 6 heteroatoms. The second-order valence-electron chi connectivity index (χ2n) is 8.34. The quantitative estimate of drug-likeness (QED) is 0.266. The second-order valence-corrected chi connectivity index (χ2v) is 8.34. The highest BCUT2D eigenvalue weighted by Crippen LogP contribution is 2.32. The Balaban J connectivity index is 2.40. The van der Waals surface area contributed by atoms with Gasteiger partial charge in [-0.2, -0.15) is 5.26 Å². The van der Waals surface area contributed by atoms with Gasteiger partial charge in [0, 0.05) is 12.1 Å². The van der Waals surface area contributed by atoms with Crippen LogP contribution in [0.5, 0.6) is 11.5 Å². The van der Waals surface area contributed by atoms with E-state index >= 15 is 0 Å². The van der Waals surface area contributed by atoms with Crippen LogP contribution in [0.4, 0.5) is 0 Å². The molecule has 0 spiro atoms. The summed E-state index contributed by atoms with van der Waals surface area (Å²) in [4.78, 5) is 27.1. The lowest BCUT2D eigenvalue weighted by molar-refractivity contribution is -0.140. The number of hydrogen-bond donors (Lipinski definition) is 0. The molecule has 2 rings (SSSR count). The molecule has 1 aromatic rings. The van der Waals surface area contributed by atoms with E-state index in [2.05, 4.69) is 20.8 Å². The molecule has 0 aromatic heterocycles. The zero-order valence-corrected chi connectivity index (χ0v) is 19.9. The molecule has 2 amide bonds. The number of imide groups is 1. The Morgan fingerprint density at radius 2 is 1.81 bits per heavy atom. The normalized spacial score (nSPS) is 15.5. The molecule has 172 valence electrons. The summed E-state index contributed by atoms with van der Waals surface area (Å²) in [5.74, 6) is 0.761. The molecule has 0 N–H and O–H groups in total. The summed E-state index contributed by atoms with van der Waals surface area (Å²) in [7, 11) is 0. The molecule has 0 unspecified atom stereocenters. The van der Waals surface area contributed by atoms with E-state index < -0.39 is 5.91 Å². The lowest BCUT2D eigenvalue weighted by Crippen LogP contribution is -2.43. The van der Waals surface area contributed by atoms with E-state index in [0.717, 1.165) is 31.2 Å². The van der Waals surface area contributed by atoms with Crippen molar-refractivity contribution in [2.24, 2.45) is 5.92 Å². The fourth-order valence-corrected chi connectivity index (χ4v) is 3.45. The summed E-state index contributed by atoms with van der Waals surface area (Å²) in [6, 6.07) is 7.48. The van der Waals surface area contributed by atoms with Crippen LogP contribution in [0.1, 0.15) is 65.9 Å². The maximum atomic E-state index is 13.2. The largest absolute Gasteiger partial charge is 0.490 e. The summed E-state index contributed by atoms with van der Waals surface area (Å²) in [5, 5.41) is 9.55. The molecule has 0 radical (unpaired) electrons. The van der Waals surface area contributed by atoms with Crippen LogP contribution in [0.2, 0.25) is 0 Å². The number of ether oxygens (including phenoxy) is 2. The summed E-state index contributed by atoms with van der Waals surface area (Å²) < 4.78 is 11.6. The van der Waals surface area contributed by atoms with Crippen molar-refractivity contribution < 1.29 is 19.1 Å². The van der Waals surface area contributed by atoms with Crippen molar-refractivity contribution in [2.45, 2.75) is 60.3 Å². The molecule has 1 aliphatic rings. The second kappa shape index (κ2) is 12.1. The minimum Gasteiger partial charge on any atom is -0.490 e. The van der Waals surface area contributed by atoms with Gasteiger partial charge in [-0.3, -0.25) is 14.5 Å². The van der Waals surface area contributed by atoms with Gasteiger partial charge in [-0.15, -0.1) is 0 Å². The van der Waals surface area contributed by atoms with E-state index in [1.807, 2.05) is 31.2 Å². The highest BCUT2D eigenvalue weighted by atomic mass is 16.5. The van der Waals surface area contributed by atoms with Crippen LogP contribution in [0.3, 0.4) is 0 Å². The zero-order valence-electron chi connectivity index (χ0n) is 19.9. The van der Waals surface area contributed by atoms with Gasteiger partial charge in [-0.05, 0) is 55.5 Å². The number of nitriles is 1. The number of unbranched alkanes of at least 4 members (excludes halogenated alkanes) is 3. The summed E-state index contributed by atoms with van der Waals surface area (Å²) >= 11 is 0. The Kier molecular flexibility index (Phi) is 9.52. The lowest BCUT2D eigenvalue weighted by atomic mass is 9.93. The van der Waals surface area contributed by atoms with E-state index in [1.165, 1.54) is 4.90 Å². The summed E-state index contributed by atoms with van der Waals surface area (Å²) in [6.07, 6.45) is 5.49. The Hall–Kier alpha value is -3.07. The van der Waals surface area contributed by atoms with Crippen LogP contribution in [-0.4, -0.2) is 36.5 Å². The van der Waals surface area contributed by atoms with Crippen LogP contribution < -0.4 is 9.47 Å². The molecule has 0 atom stereocenters. The van der Waals surface area contributed by atoms with E-state index in [1.54, 1.807) is 13.0 Å². The van der Waals surface area contributed by atoms with Crippen LogP contribution in [0.25, 0.3) is 6.08 Å². The first kappa shape index (κ1) is 25.2. The molecule has 6 nitrogen and oxygen atoms in total. The zero-order chi connectivity index (χ0) is 23.7. The standard InChI is InChI=1S/C26H34N2O4/c1-6-8-9-10-13-28-25(29)21(19(5)22(16-27)26(28)30)14-20-11-12-23(32-17-18(3)4)24(15-20)31-7-2/h11-12,14-15,18H,6-10,13,17H2,1-5H3/b21-14+. The van der Waals surface area contributed by atoms with Crippen molar-refractivity contribution in [3.8, 4) is 17.6 Å². The van der Waals surface area contributed by atoms with Crippen LogP contribution in [0, 0.1) is 17.2 Å². The number of carbonyl (C=O) groups is 2. The highest BCUT2D eigenvalue weighted by Gasteiger charge is 2.35. The Morgan fingerprint density at radius 3 is 2.44 bits per heavy atom. The van der Waals surface area contributed by atoms with Crippen molar-refractivity contribution in [1.82, 2.24) is 4.90 Å². The number of hydrogen-bond acceptors (Lipinski definition) is 5. The third-order valence-electron chi connectivity index (χ3n) is 5.21. The molecule has 1 aromatic carbocycles. The van der Waals surface area contributed by atoms with Gasteiger partial charge in [-0.1, -0.05) is 46.1 Å². The van der Waals surface area contributed by atoms with Gasteiger partial charge in [-0.25, -0.2) is 0 Å². The van der Waals surface area contributed by atoms with Gasteiger partial charge >= 0.3 is 0 Å². The van der Waals surface area contributed by atoms with Gasteiger partial charge in [0.2, 0.25) is 0 Å². The topological polar surface area (TPSA) is 79.6 Å². The number of rotatable bonds is 11. The Bertz CT molecular complexity index is 938. The predicted octanol–water partition coefficient (Wildman–Crippen LogP) is 5.29. The van der Waals surface area contributed by atoms with Gasteiger partial charge in [0.25, 0.3) is 11.8 Å². The molecule has 0 fully saturated rings. The van der Waals surface area contributed by atoms with Crippen molar-refractivity contribution in [3.05, 3.63) is 40.5 Å². The molecule has 0 saturated carbocycles. The van der Waals surface area contributed by atoms with Gasteiger partial charge in [0.15, 0.2) is 11.5 Å². The monoisotopic (exact) mass is 438 g/mol. The van der Waals surface area contributed by atoms with E-state index in [-0.39, 0.29) is 11.5 Å². The van der Waals surface area contributed by atoms with Crippen molar-refractivity contribution in [1.29, 1.82) is 5.26 Å². The molecular weight excluding hydrogens is 404 g/mol. The average molecular weight is 439 g/mol. The molecule has 0 bridgehead atoms. The maximum absolute atomic E-state index is 13.2. The van der Waals surface area contributed by atoms with E-state index in [9.17, 15) is 14.9 Å². The smallest absolute Gasteiger partial charge is 0.271 e. The first-order valence-corrected chi connectivity index (χ1v) is 11.4. The van der Waals surface area contributed by atoms with E-state index in [4.69, 9.17) is 9.47 Å². The number of carbonyl (C=O) groups excluding carboxylic acids is 2. The average Bonchev–Trinajstić information content (AvgIpc) is 2.76. The molecule has 0 aliphatic carbocycles. The minimum absolute atomic E-state index is 0.0215. The fourth-order valence-electron chi connectivity index (χ4n) is 3.45. The third kappa shape index (κ3) is 6.23. The van der Waals surface area contributed by atoms with Gasteiger partial charge < -0.3 is 9.47 Å². The van der Waals surface area contributed by atoms with Crippen molar-refractivity contribution >= 4 is 17.9 Å². The minimum atomic E-state index is -0.504. The summed E-state index contributed by atoms with van der Waals surface area (Å²) in [6.45, 7) is 11.2. The fraction of sp³-hybridized carbons (Fsp3) is 0.500. The first-order valence-electron chi connectivity index (χ1n) is 11.4. The molecule has 1 aliphatic heterocycles. The number of amides is 2. The van der Waals surface area contributed by atoms with Gasteiger partial charge in [0.1, 0.15) is 11.6 Å². The number of benzene rings is 1. The van der Waals surface area contributed by atoms with Crippen molar-refractivity contribution in [3.63, 3.8) is 0 Å². The third-order valence-corrected chi connectivity index (χ3v) is 5.21. The molecule has 32 heavy (non-hydrogen) atoms. The maximum Gasteiger partial charge on any atom is 0.271 e. The van der Waals surface area contributed by atoms with Crippen LogP contribution >= 0.6 is 0 Å². The highest BCUT2D eigenvalue weighted by molar-refractivity contribution is 6.19. The molecule has 1 heterocycles. The summed E-state index contributed by atoms with van der Waals surface area (Å²) in [5.41, 5.74) is 1.53. The first-order chi connectivity index (χ1) is 15.3. The van der Waals surface area contributed by atoms with E-state index in [0.29, 0.717) is 48.3 Å². The lowest BCUT2D eigenvalue weighted by Gasteiger charge is -2.27. The Morgan fingerprint density at radius 1 is 1.06 bits per heavy atom. The predicted molar refractivity (Wildman–Crippen MR) is 125 cm³/mol. The molecule has 0 saturated heterocycles. The molecular formula is C26H34N2O4.